The Kier molecular flexibility index (Phi) is 2.69. The number of fused-ring (bicyclic) bond motifs is 1. The van der Waals surface area contributed by atoms with Crippen LogP contribution in [0.1, 0.15) is 0 Å². The largest absolute Gasteiger partial charge is 0.508 e. The summed E-state index contributed by atoms with van der Waals surface area (Å²) in [6.07, 6.45) is 5.08. The van der Waals surface area contributed by atoms with Crippen LogP contribution in [0.3, 0.4) is 0 Å². The van der Waals surface area contributed by atoms with Crippen LogP contribution in [0.5, 0.6) is 5.75 Å². The third-order valence-corrected chi connectivity index (χ3v) is 3.40. The van der Waals surface area contributed by atoms with Gasteiger partial charge in [0, 0.05) is 29.0 Å². The minimum absolute atomic E-state index is 0.155. The maximum atomic E-state index is 13.5. The molecule has 0 unspecified atom stereocenters. The molecule has 0 aliphatic rings. The molecule has 3 aromatic heterocycles. The molecular weight excluding hydrogens is 285 g/mol. The van der Waals surface area contributed by atoms with E-state index in [1.807, 2.05) is 24.4 Å². The van der Waals surface area contributed by atoms with Crippen molar-refractivity contribution < 1.29 is 13.9 Å². The minimum Gasteiger partial charge on any atom is -0.508 e. The predicted octanol–water partition coefficient (Wildman–Crippen LogP) is 3.50. The van der Waals surface area contributed by atoms with Crippen LogP contribution in [0.25, 0.3) is 28.2 Å². The standard InChI is InChI=1S/C16H10FN3O2/c17-13-5-12(6-14(21)7-13)16-19-18-15-2-1-10(8-20(15)16)11-3-4-22-9-11/h1-9,21H. The number of furan rings is 1. The molecule has 22 heavy (non-hydrogen) atoms. The first kappa shape index (κ1) is 12.6. The number of hydrogen-bond acceptors (Lipinski definition) is 4. The summed E-state index contributed by atoms with van der Waals surface area (Å²) in [6.45, 7) is 0. The fraction of sp³-hybridized carbons (Fsp3) is 0. The van der Waals surface area contributed by atoms with Crippen molar-refractivity contribution in [3.63, 3.8) is 0 Å². The summed E-state index contributed by atoms with van der Waals surface area (Å²) in [7, 11) is 0. The molecule has 6 heteroatoms. The van der Waals surface area contributed by atoms with Crippen LogP contribution in [0.15, 0.2) is 59.5 Å². The van der Waals surface area contributed by atoms with E-state index in [0.29, 0.717) is 17.0 Å². The van der Waals surface area contributed by atoms with E-state index >= 15 is 0 Å². The van der Waals surface area contributed by atoms with Crippen LogP contribution in [0.2, 0.25) is 0 Å². The SMILES string of the molecule is Oc1cc(F)cc(-c2nnc3ccc(-c4ccoc4)cn23)c1. The fourth-order valence-corrected chi connectivity index (χ4v) is 2.39. The first-order valence-electron chi connectivity index (χ1n) is 6.58. The molecule has 0 bridgehead atoms. The van der Waals surface area contributed by atoms with Gasteiger partial charge < -0.3 is 9.52 Å². The Morgan fingerprint density at radius 3 is 2.68 bits per heavy atom. The van der Waals surface area contributed by atoms with E-state index in [4.69, 9.17) is 4.42 Å². The van der Waals surface area contributed by atoms with Crippen LogP contribution in [0.4, 0.5) is 4.39 Å². The van der Waals surface area contributed by atoms with Crippen molar-refractivity contribution in [2.75, 3.05) is 0 Å². The van der Waals surface area contributed by atoms with Crippen LogP contribution in [0, 0.1) is 5.82 Å². The number of nitrogens with zero attached hydrogens (tertiary/aromatic N) is 3. The van der Waals surface area contributed by atoms with Gasteiger partial charge in [-0.1, -0.05) is 0 Å². The van der Waals surface area contributed by atoms with Crippen molar-refractivity contribution in [1.82, 2.24) is 14.6 Å². The highest BCUT2D eigenvalue weighted by molar-refractivity contribution is 5.67. The van der Waals surface area contributed by atoms with Crippen LogP contribution in [-0.2, 0) is 0 Å². The number of pyridine rings is 1. The van der Waals surface area contributed by atoms with Crippen LogP contribution < -0.4 is 0 Å². The van der Waals surface area contributed by atoms with Gasteiger partial charge in [0.2, 0.25) is 0 Å². The summed E-state index contributed by atoms with van der Waals surface area (Å²) in [6, 6.07) is 9.37. The van der Waals surface area contributed by atoms with Gasteiger partial charge in [0.1, 0.15) is 11.6 Å². The number of aromatic hydroxyl groups is 1. The number of halogens is 1. The Balaban J connectivity index is 1.93. The van der Waals surface area contributed by atoms with Gasteiger partial charge in [-0.2, -0.15) is 0 Å². The minimum atomic E-state index is -0.530. The lowest BCUT2D eigenvalue weighted by molar-refractivity contribution is 0.469. The van der Waals surface area contributed by atoms with Gasteiger partial charge in [0.25, 0.3) is 0 Å². The third-order valence-electron chi connectivity index (χ3n) is 3.40. The average molecular weight is 295 g/mol. The number of phenolic OH excluding ortho intramolecular Hbond substituents is 1. The average Bonchev–Trinajstić information content (AvgIpc) is 3.15. The second-order valence-electron chi connectivity index (χ2n) is 4.88. The highest BCUT2D eigenvalue weighted by Gasteiger charge is 2.11. The van der Waals surface area contributed by atoms with E-state index in [-0.39, 0.29) is 5.75 Å². The Bertz CT molecular complexity index is 941. The lowest BCUT2D eigenvalue weighted by Crippen LogP contribution is -1.91. The quantitative estimate of drug-likeness (QED) is 0.614. The molecule has 0 saturated carbocycles. The van der Waals surface area contributed by atoms with E-state index < -0.39 is 5.82 Å². The van der Waals surface area contributed by atoms with Gasteiger partial charge in [-0.15, -0.1) is 10.2 Å². The molecular formula is C16H10FN3O2. The maximum absolute atomic E-state index is 13.5. The maximum Gasteiger partial charge on any atom is 0.168 e. The lowest BCUT2D eigenvalue weighted by Gasteiger charge is -2.03. The van der Waals surface area contributed by atoms with E-state index in [0.717, 1.165) is 17.2 Å². The molecule has 4 aromatic rings. The second-order valence-corrected chi connectivity index (χ2v) is 4.88. The summed E-state index contributed by atoms with van der Waals surface area (Å²) < 4.78 is 20.3. The lowest BCUT2D eigenvalue weighted by atomic mass is 10.1. The third kappa shape index (κ3) is 2.01. The summed E-state index contributed by atoms with van der Waals surface area (Å²) in [5, 5.41) is 17.7. The number of phenols is 1. The molecule has 1 aromatic carbocycles. The second kappa shape index (κ2) is 4.70. The van der Waals surface area contributed by atoms with Gasteiger partial charge in [-0.25, -0.2) is 4.39 Å². The number of benzene rings is 1. The summed E-state index contributed by atoms with van der Waals surface area (Å²) in [4.78, 5) is 0. The van der Waals surface area contributed by atoms with Crippen molar-refractivity contribution in [1.29, 1.82) is 0 Å². The van der Waals surface area contributed by atoms with E-state index in [1.54, 1.807) is 16.9 Å². The highest BCUT2D eigenvalue weighted by atomic mass is 19.1. The van der Waals surface area contributed by atoms with E-state index in [9.17, 15) is 9.50 Å². The zero-order valence-electron chi connectivity index (χ0n) is 11.3. The predicted molar refractivity (Wildman–Crippen MR) is 77.7 cm³/mol. The van der Waals surface area contributed by atoms with E-state index in [1.165, 1.54) is 12.1 Å². The molecule has 4 rings (SSSR count). The normalized spacial score (nSPS) is 11.1. The molecule has 3 heterocycles. The molecule has 5 nitrogen and oxygen atoms in total. The molecule has 0 aliphatic heterocycles. The van der Waals surface area contributed by atoms with Crippen molar-refractivity contribution >= 4 is 5.65 Å². The zero-order chi connectivity index (χ0) is 15.1. The summed E-state index contributed by atoms with van der Waals surface area (Å²) in [5.74, 6) is -0.231. The molecule has 0 aliphatic carbocycles. The van der Waals surface area contributed by atoms with Crippen molar-refractivity contribution in [3.05, 3.63) is 60.9 Å². The molecule has 0 spiro atoms. The van der Waals surface area contributed by atoms with Gasteiger partial charge in [0.05, 0.1) is 12.5 Å². The fourth-order valence-electron chi connectivity index (χ4n) is 2.39. The molecule has 0 radical (unpaired) electrons. The zero-order valence-corrected chi connectivity index (χ0v) is 11.3. The molecule has 1 N–H and O–H groups in total. The first-order chi connectivity index (χ1) is 10.7. The Morgan fingerprint density at radius 2 is 1.91 bits per heavy atom. The van der Waals surface area contributed by atoms with E-state index in [2.05, 4.69) is 10.2 Å². The van der Waals surface area contributed by atoms with Crippen molar-refractivity contribution in [3.8, 4) is 28.3 Å². The van der Waals surface area contributed by atoms with Crippen molar-refractivity contribution in [2.24, 2.45) is 0 Å². The Hall–Kier alpha value is -3.15. The molecule has 108 valence electrons. The Labute approximate surface area is 124 Å². The smallest absolute Gasteiger partial charge is 0.168 e. The Morgan fingerprint density at radius 1 is 1.00 bits per heavy atom. The van der Waals surface area contributed by atoms with Crippen LogP contribution in [-0.4, -0.2) is 19.7 Å². The van der Waals surface area contributed by atoms with Gasteiger partial charge in [0.15, 0.2) is 11.5 Å². The van der Waals surface area contributed by atoms with Crippen molar-refractivity contribution in [2.45, 2.75) is 0 Å². The first-order valence-corrected chi connectivity index (χ1v) is 6.58. The number of aromatic nitrogens is 3. The van der Waals surface area contributed by atoms with Gasteiger partial charge >= 0.3 is 0 Å². The number of rotatable bonds is 2. The monoisotopic (exact) mass is 295 g/mol. The van der Waals surface area contributed by atoms with Gasteiger partial charge in [-0.3, -0.25) is 4.40 Å². The summed E-state index contributed by atoms with van der Waals surface area (Å²) in [5.41, 5.74) is 2.92. The molecule has 0 saturated heterocycles. The molecule has 0 amide bonds. The molecule has 0 atom stereocenters. The van der Waals surface area contributed by atoms with Gasteiger partial charge in [-0.05, 0) is 30.3 Å². The summed E-state index contributed by atoms with van der Waals surface area (Å²) >= 11 is 0. The van der Waals surface area contributed by atoms with Crippen LogP contribution >= 0.6 is 0 Å². The topological polar surface area (TPSA) is 63.6 Å². The number of hydrogen-bond donors (Lipinski definition) is 1. The molecule has 0 fully saturated rings. The highest BCUT2D eigenvalue weighted by Crippen LogP contribution is 2.26.